The van der Waals surface area contributed by atoms with Crippen LogP contribution >= 0.6 is 11.6 Å². The van der Waals surface area contributed by atoms with Crippen LogP contribution in [0.15, 0.2) is 48.5 Å². The predicted molar refractivity (Wildman–Crippen MR) is 73.4 cm³/mol. The molecule has 2 aromatic rings. The first-order valence-corrected chi connectivity index (χ1v) is 6.38. The maximum Gasteiger partial charge on any atom is 0.263 e. The molecule has 2 amide bonds. The van der Waals surface area contributed by atoms with E-state index in [2.05, 4.69) is 0 Å². The van der Waals surface area contributed by atoms with Crippen LogP contribution in [0.2, 0.25) is 5.02 Å². The molecule has 0 radical (unpaired) electrons. The smallest absolute Gasteiger partial charge is 0.263 e. The van der Waals surface area contributed by atoms with Gasteiger partial charge in [-0.15, -0.1) is 0 Å². The highest BCUT2D eigenvalue weighted by Gasteiger charge is 2.39. The lowest BCUT2D eigenvalue weighted by molar-refractivity contribution is 0.0176. The summed E-state index contributed by atoms with van der Waals surface area (Å²) in [5, 5.41) is 10.6. The number of carbonyl (C=O) groups is 2. The van der Waals surface area contributed by atoms with Gasteiger partial charge in [-0.05, 0) is 24.3 Å². The number of hydrogen-bond acceptors (Lipinski definition) is 3. The number of rotatable bonds is 1. The van der Waals surface area contributed by atoms with Crippen molar-refractivity contribution in [3.63, 3.8) is 0 Å². The number of imide groups is 1. The van der Waals surface area contributed by atoms with Crippen LogP contribution in [0.1, 0.15) is 32.5 Å². The van der Waals surface area contributed by atoms with Crippen molar-refractivity contribution in [1.29, 1.82) is 0 Å². The molecule has 1 aliphatic heterocycles. The standard InChI is InChI=1S/C15H10ClNO3/c16-10-5-3-4-9(8-10)13(18)17-14(19)11-6-1-2-7-12(11)15(17)20/h1-8,14,19H. The van der Waals surface area contributed by atoms with E-state index in [9.17, 15) is 14.7 Å². The van der Waals surface area contributed by atoms with E-state index in [-0.39, 0.29) is 5.56 Å². The van der Waals surface area contributed by atoms with E-state index >= 15 is 0 Å². The van der Waals surface area contributed by atoms with Crippen molar-refractivity contribution < 1.29 is 14.7 Å². The summed E-state index contributed by atoms with van der Waals surface area (Å²) in [6, 6.07) is 12.9. The van der Waals surface area contributed by atoms with Gasteiger partial charge >= 0.3 is 0 Å². The monoisotopic (exact) mass is 287 g/mol. The van der Waals surface area contributed by atoms with E-state index in [4.69, 9.17) is 11.6 Å². The largest absolute Gasteiger partial charge is 0.369 e. The zero-order valence-corrected chi connectivity index (χ0v) is 11.0. The second-order valence-corrected chi connectivity index (χ2v) is 4.89. The lowest BCUT2D eigenvalue weighted by atomic mass is 10.1. The highest BCUT2D eigenvalue weighted by atomic mass is 35.5. The Labute approximate surface area is 120 Å². The number of fused-ring (bicyclic) bond motifs is 1. The van der Waals surface area contributed by atoms with Crippen LogP contribution in [0.25, 0.3) is 0 Å². The highest BCUT2D eigenvalue weighted by molar-refractivity contribution is 6.31. The first-order chi connectivity index (χ1) is 9.59. The third kappa shape index (κ3) is 1.90. The molecule has 4 nitrogen and oxygen atoms in total. The van der Waals surface area contributed by atoms with Crippen molar-refractivity contribution in [2.75, 3.05) is 0 Å². The normalized spacial score (nSPS) is 17.2. The molecular formula is C15H10ClNO3. The molecule has 0 saturated heterocycles. The fourth-order valence-electron chi connectivity index (χ4n) is 2.26. The van der Waals surface area contributed by atoms with Crippen LogP contribution in [0.5, 0.6) is 0 Å². The Bertz CT molecular complexity index is 714. The van der Waals surface area contributed by atoms with Gasteiger partial charge in [0.15, 0.2) is 6.23 Å². The summed E-state index contributed by atoms with van der Waals surface area (Å²) in [5.74, 6) is -1.07. The lowest BCUT2D eigenvalue weighted by Crippen LogP contribution is -2.34. The zero-order valence-electron chi connectivity index (χ0n) is 10.3. The van der Waals surface area contributed by atoms with Crippen molar-refractivity contribution in [1.82, 2.24) is 4.90 Å². The van der Waals surface area contributed by atoms with Gasteiger partial charge in [0.1, 0.15) is 0 Å². The highest BCUT2D eigenvalue weighted by Crippen LogP contribution is 2.32. The van der Waals surface area contributed by atoms with Gasteiger partial charge in [-0.1, -0.05) is 35.9 Å². The van der Waals surface area contributed by atoms with Gasteiger partial charge in [-0.2, -0.15) is 0 Å². The number of aliphatic hydroxyl groups is 1. The minimum atomic E-state index is -1.26. The maximum absolute atomic E-state index is 12.4. The molecule has 2 aromatic carbocycles. The second kappa shape index (κ2) is 4.74. The Morgan fingerprint density at radius 3 is 2.60 bits per heavy atom. The molecule has 0 aliphatic carbocycles. The first-order valence-electron chi connectivity index (χ1n) is 6.00. The Kier molecular flexibility index (Phi) is 3.04. The van der Waals surface area contributed by atoms with Crippen LogP contribution in [-0.2, 0) is 0 Å². The number of carbonyl (C=O) groups excluding carboxylic acids is 2. The van der Waals surface area contributed by atoms with Crippen molar-refractivity contribution in [3.05, 3.63) is 70.2 Å². The van der Waals surface area contributed by atoms with Crippen LogP contribution in [0.4, 0.5) is 0 Å². The minimum absolute atomic E-state index is 0.262. The van der Waals surface area contributed by atoms with Crippen LogP contribution in [0, 0.1) is 0 Å². The third-order valence-electron chi connectivity index (χ3n) is 3.22. The van der Waals surface area contributed by atoms with E-state index in [1.54, 1.807) is 42.5 Å². The molecule has 100 valence electrons. The Balaban J connectivity index is 2.01. The third-order valence-corrected chi connectivity index (χ3v) is 3.46. The molecule has 0 fully saturated rings. The van der Waals surface area contributed by atoms with Gasteiger partial charge in [0.25, 0.3) is 11.8 Å². The summed E-state index contributed by atoms with van der Waals surface area (Å²) in [4.78, 5) is 25.4. The maximum atomic E-state index is 12.4. The Morgan fingerprint density at radius 2 is 1.90 bits per heavy atom. The Morgan fingerprint density at radius 1 is 1.15 bits per heavy atom. The summed E-state index contributed by atoms with van der Waals surface area (Å²) >= 11 is 5.84. The fourth-order valence-corrected chi connectivity index (χ4v) is 2.45. The summed E-state index contributed by atoms with van der Waals surface area (Å²) in [6.07, 6.45) is -1.26. The quantitative estimate of drug-likeness (QED) is 0.820. The van der Waals surface area contributed by atoms with E-state index in [1.807, 2.05) is 0 Å². The van der Waals surface area contributed by atoms with Crippen molar-refractivity contribution >= 4 is 23.4 Å². The van der Waals surface area contributed by atoms with Gasteiger partial charge in [0, 0.05) is 21.7 Å². The van der Waals surface area contributed by atoms with Crippen molar-refractivity contribution in [2.24, 2.45) is 0 Å². The lowest BCUT2D eigenvalue weighted by Gasteiger charge is -2.18. The fraction of sp³-hybridized carbons (Fsp3) is 0.0667. The number of benzene rings is 2. The van der Waals surface area contributed by atoms with Gasteiger partial charge < -0.3 is 5.11 Å². The molecule has 0 spiro atoms. The van der Waals surface area contributed by atoms with E-state index in [0.29, 0.717) is 16.1 Å². The van der Waals surface area contributed by atoms with Gasteiger partial charge in [-0.25, -0.2) is 4.90 Å². The van der Waals surface area contributed by atoms with Gasteiger partial charge in [-0.3, -0.25) is 9.59 Å². The molecule has 0 bridgehead atoms. The average Bonchev–Trinajstić information content (AvgIpc) is 2.71. The topological polar surface area (TPSA) is 57.6 Å². The summed E-state index contributed by atoms with van der Waals surface area (Å²) < 4.78 is 0. The zero-order chi connectivity index (χ0) is 14.3. The molecule has 1 unspecified atom stereocenters. The first kappa shape index (κ1) is 12.8. The molecule has 3 rings (SSSR count). The summed E-state index contributed by atoms with van der Waals surface area (Å²) in [5.41, 5.74) is 1.04. The predicted octanol–water partition coefficient (Wildman–Crippen LogP) is 2.63. The molecule has 1 N–H and O–H groups in total. The molecule has 0 saturated carbocycles. The van der Waals surface area contributed by atoms with E-state index in [1.165, 1.54) is 6.07 Å². The van der Waals surface area contributed by atoms with Crippen LogP contribution < -0.4 is 0 Å². The molecule has 1 heterocycles. The van der Waals surface area contributed by atoms with Crippen molar-refractivity contribution in [3.8, 4) is 0 Å². The number of nitrogens with zero attached hydrogens (tertiary/aromatic N) is 1. The molecule has 1 atom stereocenters. The average molecular weight is 288 g/mol. The SMILES string of the molecule is O=C(c1cccc(Cl)c1)N1C(=O)c2ccccc2C1O. The molecule has 0 aromatic heterocycles. The molecular weight excluding hydrogens is 278 g/mol. The number of amides is 2. The summed E-state index contributed by atoms with van der Waals surface area (Å²) in [7, 11) is 0. The van der Waals surface area contributed by atoms with Crippen LogP contribution in [-0.4, -0.2) is 21.8 Å². The molecule has 20 heavy (non-hydrogen) atoms. The van der Waals surface area contributed by atoms with E-state index in [0.717, 1.165) is 4.90 Å². The molecule has 1 aliphatic rings. The minimum Gasteiger partial charge on any atom is -0.369 e. The molecule has 5 heteroatoms. The number of hydrogen-bond donors (Lipinski definition) is 1. The van der Waals surface area contributed by atoms with E-state index < -0.39 is 18.0 Å². The van der Waals surface area contributed by atoms with Crippen LogP contribution in [0.3, 0.4) is 0 Å². The Hall–Kier alpha value is -2.17. The van der Waals surface area contributed by atoms with Gasteiger partial charge in [0.2, 0.25) is 0 Å². The number of halogens is 1. The van der Waals surface area contributed by atoms with Crippen molar-refractivity contribution in [2.45, 2.75) is 6.23 Å². The van der Waals surface area contributed by atoms with Gasteiger partial charge in [0.05, 0.1) is 0 Å². The summed E-state index contributed by atoms with van der Waals surface area (Å²) in [6.45, 7) is 0. The second-order valence-electron chi connectivity index (χ2n) is 4.45. The number of aliphatic hydroxyl groups excluding tert-OH is 1.